The van der Waals surface area contributed by atoms with Gasteiger partial charge in [-0.1, -0.05) is 156 Å². The van der Waals surface area contributed by atoms with Gasteiger partial charge in [-0.05, 0) is 74.8 Å². The molecule has 0 aliphatic heterocycles. The molecular formula is C18H12Br10O. The average Bonchev–Trinajstić information content (AvgIpc) is 2.67. The van der Waals surface area contributed by atoms with Crippen molar-refractivity contribution >= 4 is 159 Å². The van der Waals surface area contributed by atoms with Crippen LogP contribution >= 0.6 is 159 Å². The number of ether oxygens (including phenoxy) is 1. The first kappa shape index (κ1) is 28.4. The maximum Gasteiger partial charge on any atom is 0.206 e. The number of rotatable bonds is 8. The molecule has 0 aliphatic carbocycles. The lowest BCUT2D eigenvalue weighted by Gasteiger charge is -2.45. The number of hydrogen-bond donors (Lipinski definition) is 0. The van der Waals surface area contributed by atoms with Gasteiger partial charge >= 0.3 is 0 Å². The van der Waals surface area contributed by atoms with Gasteiger partial charge in [0.05, 0.1) is 9.65 Å². The van der Waals surface area contributed by atoms with Crippen LogP contribution in [0.2, 0.25) is 0 Å². The second-order valence-corrected chi connectivity index (χ2v) is 21.5. The van der Waals surface area contributed by atoms with Crippen LogP contribution in [0.4, 0.5) is 0 Å². The quantitative estimate of drug-likeness (QED) is 0.240. The van der Waals surface area contributed by atoms with Crippen molar-refractivity contribution in [2.45, 2.75) is 23.0 Å². The van der Waals surface area contributed by atoms with E-state index in [2.05, 4.69) is 159 Å². The molecule has 2 aromatic carbocycles. The molecule has 0 spiro atoms. The summed E-state index contributed by atoms with van der Waals surface area (Å²) >= 11 is 37.4. The first-order chi connectivity index (χ1) is 13.2. The lowest BCUT2D eigenvalue weighted by molar-refractivity contribution is 0.0563. The molecule has 0 heterocycles. The minimum Gasteiger partial charge on any atom is -0.321 e. The summed E-state index contributed by atoms with van der Waals surface area (Å²) < 4.78 is 2.75. The van der Waals surface area contributed by atoms with Crippen LogP contribution in [-0.2, 0) is 4.74 Å². The van der Waals surface area contributed by atoms with Gasteiger partial charge in [-0.2, -0.15) is 0 Å². The molecule has 0 bridgehead atoms. The summed E-state index contributed by atoms with van der Waals surface area (Å²) in [5.74, 6) is 0. The summed E-state index contributed by atoms with van der Waals surface area (Å²) in [5, 5.41) is 0. The summed E-state index contributed by atoms with van der Waals surface area (Å²) in [4.78, 5) is -0.306. The normalized spacial score (nSPS) is 15.8. The number of halogens is 10. The third-order valence-electron chi connectivity index (χ3n) is 3.85. The van der Waals surface area contributed by atoms with E-state index >= 15 is 0 Å². The topological polar surface area (TPSA) is 9.23 Å². The van der Waals surface area contributed by atoms with Crippen LogP contribution in [0.1, 0.15) is 20.8 Å². The molecule has 2 aromatic rings. The number of alkyl halides is 10. The Kier molecular flexibility index (Phi) is 11.1. The summed E-state index contributed by atoms with van der Waals surface area (Å²) in [6, 6.07) is 20.0. The second kappa shape index (κ2) is 11.3. The van der Waals surface area contributed by atoms with Crippen molar-refractivity contribution in [2.75, 3.05) is 0 Å². The van der Waals surface area contributed by atoms with E-state index in [1.54, 1.807) is 0 Å². The minimum atomic E-state index is -1.07. The van der Waals surface area contributed by atoms with Gasteiger partial charge in [0.2, 0.25) is 6.84 Å². The Bertz CT molecular complexity index is 727. The molecular weight excluding hydrogens is 1030 g/mol. The molecule has 160 valence electrons. The molecule has 0 amide bonds. The monoisotopic (exact) mass is 1030 g/mol. The van der Waals surface area contributed by atoms with Crippen LogP contribution in [-0.4, -0.2) is 13.3 Å². The van der Waals surface area contributed by atoms with Crippen LogP contribution in [0.15, 0.2) is 60.7 Å². The third-order valence-corrected chi connectivity index (χ3v) is 20.2. The van der Waals surface area contributed by atoms with Gasteiger partial charge in [0, 0.05) is 0 Å². The van der Waals surface area contributed by atoms with Crippen molar-refractivity contribution in [1.29, 1.82) is 0 Å². The summed E-state index contributed by atoms with van der Waals surface area (Å²) in [5.41, 5.74) is 2.13. The van der Waals surface area contributed by atoms with E-state index in [9.17, 15) is 0 Å². The van der Waals surface area contributed by atoms with Crippen molar-refractivity contribution < 1.29 is 4.74 Å². The van der Waals surface area contributed by atoms with E-state index in [-0.39, 0.29) is 9.65 Å². The summed E-state index contributed by atoms with van der Waals surface area (Å²) in [7, 11) is 0. The molecule has 0 saturated heterocycles. The molecule has 2 rings (SSSR count). The number of hydrogen-bond acceptors (Lipinski definition) is 1. The molecule has 0 radical (unpaired) electrons. The van der Waals surface area contributed by atoms with Gasteiger partial charge in [0.1, 0.15) is 6.47 Å². The van der Waals surface area contributed by atoms with Gasteiger partial charge in [0.15, 0.2) is 0 Å². The Morgan fingerprint density at radius 1 is 0.517 bits per heavy atom. The second-order valence-electron chi connectivity index (χ2n) is 5.93. The predicted octanol–water partition coefficient (Wildman–Crippen LogP) is 11.1. The largest absolute Gasteiger partial charge is 0.321 e. The minimum absolute atomic E-state index is 0.153. The van der Waals surface area contributed by atoms with E-state index in [4.69, 9.17) is 4.74 Å². The molecule has 2 atom stereocenters. The fraction of sp³-hybridized carbons (Fsp3) is 0.333. The van der Waals surface area contributed by atoms with E-state index < -0.39 is 13.3 Å². The highest BCUT2D eigenvalue weighted by atomic mass is 79.9. The van der Waals surface area contributed by atoms with E-state index in [1.165, 1.54) is 0 Å². The van der Waals surface area contributed by atoms with Gasteiger partial charge in [0.25, 0.3) is 0 Å². The molecule has 1 nitrogen and oxygen atoms in total. The van der Waals surface area contributed by atoms with Crippen molar-refractivity contribution in [3.05, 3.63) is 71.8 Å². The Hall–Kier alpha value is 3.20. The molecule has 0 fully saturated rings. The average molecular weight is 1040 g/mol. The Morgan fingerprint density at radius 3 is 1.07 bits per heavy atom. The van der Waals surface area contributed by atoms with Crippen molar-refractivity contribution in [2.24, 2.45) is 0 Å². The standard InChI is InChI=1S/C18H12Br10O/c19-13(11-7-3-1-4-8-11)15(21,22)17(25,26)29-18(27,28)16(23,24)14(20)12-9-5-2-6-10-12/h1-10,13-14H. The van der Waals surface area contributed by atoms with E-state index in [0.717, 1.165) is 11.1 Å². The zero-order valence-corrected chi connectivity index (χ0v) is 30.0. The molecule has 0 aromatic heterocycles. The summed E-state index contributed by atoms with van der Waals surface area (Å²) in [6.07, 6.45) is 0. The van der Waals surface area contributed by atoms with Gasteiger partial charge in [-0.3, -0.25) is 0 Å². The molecule has 29 heavy (non-hydrogen) atoms. The fourth-order valence-electron chi connectivity index (χ4n) is 2.25. The third kappa shape index (κ3) is 6.66. The van der Waals surface area contributed by atoms with Crippen molar-refractivity contribution in [3.63, 3.8) is 0 Å². The highest BCUT2D eigenvalue weighted by molar-refractivity contribution is 9.31. The molecule has 2 unspecified atom stereocenters. The molecule has 0 N–H and O–H groups in total. The van der Waals surface area contributed by atoms with Crippen LogP contribution < -0.4 is 0 Å². The highest BCUT2D eigenvalue weighted by Crippen LogP contribution is 2.65. The SMILES string of the molecule is BrC(c1ccccc1)C(Br)(Br)C(Br)(Br)OC(Br)(Br)C(Br)(Br)C(Br)c1ccccc1. The van der Waals surface area contributed by atoms with Crippen LogP contribution in [0.25, 0.3) is 0 Å². The molecule has 11 heteroatoms. The smallest absolute Gasteiger partial charge is 0.206 e. The highest BCUT2D eigenvalue weighted by Gasteiger charge is 2.60. The lowest BCUT2D eigenvalue weighted by atomic mass is 10.1. The lowest BCUT2D eigenvalue weighted by Crippen LogP contribution is -2.50. The van der Waals surface area contributed by atoms with Gasteiger partial charge in [-0.25, -0.2) is 0 Å². The Balaban J connectivity index is 2.30. The molecule has 0 saturated carbocycles. The maximum absolute atomic E-state index is 6.46. The fourth-order valence-corrected chi connectivity index (χ4v) is 8.88. The number of benzene rings is 2. The predicted molar refractivity (Wildman–Crippen MR) is 160 cm³/mol. The van der Waals surface area contributed by atoms with Crippen molar-refractivity contribution in [3.8, 4) is 0 Å². The van der Waals surface area contributed by atoms with Crippen molar-refractivity contribution in [1.82, 2.24) is 0 Å². The van der Waals surface area contributed by atoms with Crippen LogP contribution in [0.3, 0.4) is 0 Å². The van der Waals surface area contributed by atoms with Crippen LogP contribution in [0, 0.1) is 0 Å². The van der Waals surface area contributed by atoms with E-state index in [1.807, 2.05) is 60.7 Å². The first-order valence-electron chi connectivity index (χ1n) is 7.83. The van der Waals surface area contributed by atoms with E-state index in [0.29, 0.717) is 0 Å². The van der Waals surface area contributed by atoms with Gasteiger partial charge < -0.3 is 4.74 Å². The van der Waals surface area contributed by atoms with Crippen LogP contribution in [0.5, 0.6) is 0 Å². The Morgan fingerprint density at radius 2 is 0.793 bits per heavy atom. The summed E-state index contributed by atoms with van der Waals surface area (Å²) in [6.45, 7) is 0. The Labute approximate surface area is 254 Å². The zero-order valence-electron chi connectivity index (χ0n) is 14.1. The first-order valence-corrected chi connectivity index (χ1v) is 16.0. The maximum atomic E-state index is 6.46. The van der Waals surface area contributed by atoms with Gasteiger partial charge in [-0.15, -0.1) is 0 Å². The molecule has 0 aliphatic rings. The zero-order chi connectivity index (χ0) is 22.1.